The van der Waals surface area contributed by atoms with Crippen molar-refractivity contribution in [3.8, 4) is 0 Å². The van der Waals surface area contributed by atoms with Crippen molar-refractivity contribution >= 4 is 17.5 Å². The topological polar surface area (TPSA) is 73.2 Å². The average Bonchev–Trinajstić information content (AvgIpc) is 3.34. The molecule has 0 unspecified atom stereocenters. The van der Waals surface area contributed by atoms with Crippen LogP contribution in [0.3, 0.4) is 0 Å². The third kappa shape index (κ3) is 12.1. The molecule has 0 aromatic heterocycles. The predicted molar refractivity (Wildman–Crippen MR) is 265 cm³/mol. The minimum Gasteiger partial charge on any atom is -0.363 e. The van der Waals surface area contributed by atoms with Crippen LogP contribution in [0.15, 0.2) is 215 Å². The number of nitrogens with one attached hydrogen (secondary N) is 3. The standard InChI is InChI=1S/C57H60N6/c1-40(46-25-13-7-14-26-46)58-55(59-41(2)47-27-15-8-16-28-47)52-37-53(56(60-42(3)48-29-17-9-18-30-48)61-43(4)49-31-19-10-20-32-49)39-54(38-52)57(62-44(5)50-33-21-11-22-34-50)63-45(6)51-35-23-12-24-36-51/h7-45H,1-6H3,(H,58,59)(H,60,61)(H,62,63)/t40-,41-,42-,43-,44-,45-/m0/s1. The summed E-state index contributed by atoms with van der Waals surface area (Å²) >= 11 is 0. The van der Waals surface area contributed by atoms with Crippen LogP contribution in [-0.4, -0.2) is 17.5 Å². The van der Waals surface area contributed by atoms with E-state index in [0.29, 0.717) is 0 Å². The van der Waals surface area contributed by atoms with E-state index in [9.17, 15) is 0 Å². The number of amidine groups is 3. The maximum atomic E-state index is 5.50. The zero-order valence-electron chi connectivity index (χ0n) is 37.4. The van der Waals surface area contributed by atoms with E-state index in [1.165, 1.54) is 16.7 Å². The van der Waals surface area contributed by atoms with Crippen LogP contribution in [0.1, 0.15) is 128 Å². The molecule has 0 heterocycles. The van der Waals surface area contributed by atoms with Gasteiger partial charge in [0.25, 0.3) is 0 Å². The minimum atomic E-state index is -0.131. The van der Waals surface area contributed by atoms with E-state index in [4.69, 9.17) is 15.0 Å². The van der Waals surface area contributed by atoms with Gasteiger partial charge in [0.15, 0.2) is 0 Å². The molecule has 318 valence electrons. The molecule has 0 radical (unpaired) electrons. The molecule has 0 aliphatic heterocycles. The molecule has 0 saturated carbocycles. The molecule has 7 aromatic carbocycles. The smallest absolute Gasteiger partial charge is 0.129 e. The van der Waals surface area contributed by atoms with Crippen LogP contribution in [0.5, 0.6) is 0 Å². The first-order chi connectivity index (χ1) is 30.7. The van der Waals surface area contributed by atoms with Gasteiger partial charge in [-0.1, -0.05) is 182 Å². The third-order valence-corrected chi connectivity index (χ3v) is 11.5. The van der Waals surface area contributed by atoms with Gasteiger partial charge in [-0.15, -0.1) is 0 Å². The Morgan fingerprint density at radius 3 is 0.683 bits per heavy atom. The van der Waals surface area contributed by atoms with Gasteiger partial charge in [0.05, 0.1) is 18.1 Å². The van der Waals surface area contributed by atoms with Crippen molar-refractivity contribution < 1.29 is 0 Å². The third-order valence-electron chi connectivity index (χ3n) is 11.5. The van der Waals surface area contributed by atoms with E-state index in [-0.39, 0.29) is 36.3 Å². The second-order valence-electron chi connectivity index (χ2n) is 16.3. The zero-order valence-corrected chi connectivity index (χ0v) is 37.4. The summed E-state index contributed by atoms with van der Waals surface area (Å²) in [5.74, 6) is 2.34. The second kappa shape index (κ2) is 21.7. The van der Waals surface area contributed by atoms with Gasteiger partial charge in [-0.3, -0.25) is 15.0 Å². The van der Waals surface area contributed by atoms with Crippen molar-refractivity contribution in [1.29, 1.82) is 0 Å². The van der Waals surface area contributed by atoms with Gasteiger partial charge in [0.1, 0.15) is 17.5 Å². The lowest BCUT2D eigenvalue weighted by molar-refractivity contribution is 0.700. The first kappa shape index (κ1) is 44.0. The first-order valence-electron chi connectivity index (χ1n) is 22.2. The van der Waals surface area contributed by atoms with Gasteiger partial charge in [-0.05, 0) is 93.1 Å². The normalized spacial score (nSPS) is 15.0. The molecule has 7 aromatic rings. The predicted octanol–water partition coefficient (Wildman–Crippen LogP) is 13.3. The average molecular weight is 829 g/mol. The van der Waals surface area contributed by atoms with Crippen LogP contribution < -0.4 is 16.0 Å². The largest absolute Gasteiger partial charge is 0.363 e. The number of hydrogen-bond donors (Lipinski definition) is 3. The lowest BCUT2D eigenvalue weighted by atomic mass is 9.99. The summed E-state index contributed by atoms with van der Waals surface area (Å²) in [5, 5.41) is 11.6. The maximum absolute atomic E-state index is 5.50. The SMILES string of the molecule is C[C@H](N=C(N[C@@H](C)c1ccccc1)c1cc(C(=N[C@@H](C)c2ccccc2)N[C@@H](C)c2ccccc2)cc(C(=N[C@@H](C)c2ccccc2)N[C@@H](C)c2ccccc2)c1)c1ccccc1. The molecule has 7 rings (SSSR count). The van der Waals surface area contributed by atoms with E-state index in [1.807, 2.05) is 18.2 Å². The molecule has 0 saturated heterocycles. The van der Waals surface area contributed by atoms with Crippen LogP contribution in [0.25, 0.3) is 0 Å². The fourth-order valence-corrected chi connectivity index (χ4v) is 7.71. The summed E-state index contributed by atoms with van der Waals surface area (Å²) in [6.07, 6.45) is 0. The van der Waals surface area contributed by atoms with Crippen LogP contribution in [0.2, 0.25) is 0 Å². The highest BCUT2D eigenvalue weighted by Gasteiger charge is 2.21. The number of nitrogens with zero attached hydrogens (tertiary/aromatic N) is 3. The second-order valence-corrected chi connectivity index (χ2v) is 16.3. The van der Waals surface area contributed by atoms with E-state index in [2.05, 4.69) is 239 Å². The Balaban J connectivity index is 1.46. The van der Waals surface area contributed by atoms with E-state index < -0.39 is 0 Å². The molecule has 0 aliphatic rings. The summed E-state index contributed by atoms with van der Waals surface area (Å²) < 4.78 is 0. The van der Waals surface area contributed by atoms with Gasteiger partial charge in [0.2, 0.25) is 0 Å². The van der Waals surface area contributed by atoms with Crippen LogP contribution >= 0.6 is 0 Å². The zero-order chi connectivity index (χ0) is 44.0. The molecule has 0 bridgehead atoms. The molecule has 0 fully saturated rings. The Bertz CT molecular complexity index is 2260. The molecular weight excluding hydrogens is 769 g/mol. The number of hydrogen-bond acceptors (Lipinski definition) is 3. The quantitative estimate of drug-likeness (QED) is 0.0712. The lowest BCUT2D eigenvalue weighted by Crippen LogP contribution is -2.32. The van der Waals surface area contributed by atoms with Crippen molar-refractivity contribution in [2.45, 2.75) is 77.8 Å². The van der Waals surface area contributed by atoms with E-state index in [1.54, 1.807) is 0 Å². The Kier molecular flexibility index (Phi) is 15.1. The number of aliphatic imine (C=N–C) groups is 3. The fourth-order valence-electron chi connectivity index (χ4n) is 7.71. The molecule has 0 spiro atoms. The fraction of sp³-hybridized carbons (Fsp3) is 0.211. The molecule has 6 atom stereocenters. The van der Waals surface area contributed by atoms with Crippen LogP contribution in [-0.2, 0) is 0 Å². The summed E-state index contributed by atoms with van der Waals surface area (Å²) in [4.78, 5) is 16.5. The van der Waals surface area contributed by atoms with Gasteiger partial charge < -0.3 is 16.0 Å². The van der Waals surface area contributed by atoms with Gasteiger partial charge in [-0.25, -0.2) is 0 Å². The molecule has 0 amide bonds. The Morgan fingerprint density at radius 1 is 0.286 bits per heavy atom. The highest BCUT2D eigenvalue weighted by Crippen LogP contribution is 2.26. The monoisotopic (exact) mass is 828 g/mol. The highest BCUT2D eigenvalue weighted by atomic mass is 15.1. The summed E-state index contributed by atoms with van der Waals surface area (Å²) in [6.45, 7) is 13.0. The number of benzene rings is 7. The molecule has 6 nitrogen and oxygen atoms in total. The van der Waals surface area contributed by atoms with Gasteiger partial charge in [-0.2, -0.15) is 0 Å². The van der Waals surface area contributed by atoms with Crippen molar-refractivity contribution in [2.24, 2.45) is 15.0 Å². The van der Waals surface area contributed by atoms with Gasteiger partial charge in [0, 0.05) is 34.8 Å². The van der Waals surface area contributed by atoms with Gasteiger partial charge >= 0.3 is 0 Å². The Hall–Kier alpha value is -7.05. The molecule has 63 heavy (non-hydrogen) atoms. The molecular formula is C57H60N6. The van der Waals surface area contributed by atoms with Crippen LogP contribution in [0, 0.1) is 0 Å². The minimum absolute atomic E-state index is 0.0371. The number of rotatable bonds is 15. The van der Waals surface area contributed by atoms with Crippen molar-refractivity contribution in [1.82, 2.24) is 16.0 Å². The van der Waals surface area contributed by atoms with Crippen molar-refractivity contribution in [3.05, 3.63) is 250 Å². The molecule has 6 heteroatoms. The Morgan fingerprint density at radius 2 is 0.476 bits per heavy atom. The molecule has 0 aliphatic carbocycles. The summed E-state index contributed by atoms with van der Waals surface area (Å²) in [6, 6.07) is 69.3. The van der Waals surface area contributed by atoms with Crippen LogP contribution in [0.4, 0.5) is 0 Å². The lowest BCUT2D eigenvalue weighted by Gasteiger charge is -2.24. The van der Waals surface area contributed by atoms with E-state index in [0.717, 1.165) is 50.9 Å². The van der Waals surface area contributed by atoms with Crippen molar-refractivity contribution in [2.75, 3.05) is 0 Å². The molecule has 3 N–H and O–H groups in total. The Labute approximate surface area is 375 Å². The first-order valence-corrected chi connectivity index (χ1v) is 22.2. The summed E-state index contributed by atoms with van der Waals surface area (Å²) in [7, 11) is 0. The van der Waals surface area contributed by atoms with E-state index >= 15 is 0 Å². The summed E-state index contributed by atoms with van der Waals surface area (Å²) in [5.41, 5.74) is 9.69. The van der Waals surface area contributed by atoms with Crippen molar-refractivity contribution in [3.63, 3.8) is 0 Å². The highest BCUT2D eigenvalue weighted by molar-refractivity contribution is 6.09. The maximum Gasteiger partial charge on any atom is 0.129 e.